The van der Waals surface area contributed by atoms with Gasteiger partial charge >= 0.3 is 18.0 Å². The minimum Gasteiger partial charge on any atom is -0.469 e. The van der Waals surface area contributed by atoms with Crippen LogP contribution in [0.5, 0.6) is 0 Å². The van der Waals surface area contributed by atoms with Gasteiger partial charge in [-0.2, -0.15) is 0 Å². The average molecular weight is 540 g/mol. The molecule has 0 spiro atoms. The van der Waals surface area contributed by atoms with Crippen molar-refractivity contribution in [2.24, 2.45) is 11.8 Å². The molecule has 0 aromatic carbocycles. The fraction of sp³-hybridized carbons (Fsp3) is 0.731. The molecule has 2 unspecified atom stereocenters. The Balaban J connectivity index is 2.11. The number of rotatable bonds is 9. The second kappa shape index (κ2) is 13.2. The van der Waals surface area contributed by atoms with E-state index in [4.69, 9.17) is 14.2 Å². The summed E-state index contributed by atoms with van der Waals surface area (Å²) in [5.41, 5.74) is -0.396. The van der Waals surface area contributed by atoms with E-state index >= 15 is 0 Å². The molecule has 1 fully saturated rings. The highest BCUT2D eigenvalue weighted by atomic mass is 32.1. The van der Waals surface area contributed by atoms with Gasteiger partial charge < -0.3 is 24.4 Å². The van der Waals surface area contributed by atoms with Crippen LogP contribution in [0.25, 0.3) is 0 Å². The predicted octanol–water partition coefficient (Wildman–Crippen LogP) is 4.49. The molecule has 11 heteroatoms. The minimum atomic E-state index is -0.725. The number of ether oxygens (including phenoxy) is 3. The first-order valence-electron chi connectivity index (χ1n) is 12.7. The van der Waals surface area contributed by atoms with E-state index in [9.17, 15) is 19.2 Å². The average Bonchev–Trinajstić information content (AvgIpc) is 3.30. The zero-order valence-electron chi connectivity index (χ0n) is 23.2. The topological polar surface area (TPSA) is 124 Å². The third-order valence-corrected chi connectivity index (χ3v) is 7.28. The second-order valence-corrected chi connectivity index (χ2v) is 11.7. The Bertz CT molecular complexity index is 948. The first kappa shape index (κ1) is 30.5. The van der Waals surface area contributed by atoms with Gasteiger partial charge in [0.2, 0.25) is 0 Å². The van der Waals surface area contributed by atoms with E-state index in [0.29, 0.717) is 37.1 Å². The van der Waals surface area contributed by atoms with Crippen molar-refractivity contribution in [2.45, 2.75) is 97.4 Å². The number of hydrogen-bond acceptors (Lipinski definition) is 9. The lowest BCUT2D eigenvalue weighted by Gasteiger charge is -2.34. The van der Waals surface area contributed by atoms with E-state index in [2.05, 4.69) is 10.3 Å². The molecule has 2 atom stereocenters. The molecule has 1 aliphatic rings. The second-order valence-electron chi connectivity index (χ2n) is 10.9. The SMILES string of the molecule is COC(=O)[C@H]1CC[C@H](NC(=O)c2csc(C(CC(C(C)C)N(C)C(=O)OC(C)(C)C)OC(C)=O)n2)CC1. The monoisotopic (exact) mass is 539 g/mol. The Kier molecular flexibility index (Phi) is 10.9. The van der Waals surface area contributed by atoms with Crippen molar-refractivity contribution in [3.63, 3.8) is 0 Å². The highest BCUT2D eigenvalue weighted by molar-refractivity contribution is 7.09. The van der Waals surface area contributed by atoms with Crippen molar-refractivity contribution in [2.75, 3.05) is 14.2 Å². The number of methoxy groups -OCH3 is 1. The molecule has 0 aliphatic heterocycles. The van der Waals surface area contributed by atoms with Crippen LogP contribution in [0.3, 0.4) is 0 Å². The number of aromatic nitrogens is 1. The molecule has 1 aromatic heterocycles. The number of carbonyl (C=O) groups is 4. The van der Waals surface area contributed by atoms with Crippen molar-refractivity contribution >= 4 is 35.3 Å². The number of esters is 2. The summed E-state index contributed by atoms with van der Waals surface area (Å²) in [4.78, 5) is 55.2. The Morgan fingerprint density at radius 3 is 2.30 bits per heavy atom. The molecular weight excluding hydrogens is 498 g/mol. The summed E-state index contributed by atoms with van der Waals surface area (Å²) in [6, 6.07) is -0.346. The largest absolute Gasteiger partial charge is 0.469 e. The third-order valence-electron chi connectivity index (χ3n) is 6.34. The van der Waals surface area contributed by atoms with E-state index < -0.39 is 23.8 Å². The van der Waals surface area contributed by atoms with E-state index in [1.807, 2.05) is 13.8 Å². The van der Waals surface area contributed by atoms with Gasteiger partial charge in [-0.25, -0.2) is 9.78 Å². The molecule has 2 rings (SSSR count). The smallest absolute Gasteiger partial charge is 0.410 e. The first-order chi connectivity index (χ1) is 17.2. The number of hydrogen-bond donors (Lipinski definition) is 1. The Hall–Kier alpha value is -2.69. The lowest BCUT2D eigenvalue weighted by atomic mass is 9.86. The molecule has 1 aromatic rings. The minimum absolute atomic E-state index is 0.0402. The van der Waals surface area contributed by atoms with Gasteiger partial charge in [0.1, 0.15) is 16.3 Å². The Morgan fingerprint density at radius 1 is 1.16 bits per heavy atom. The molecule has 0 saturated heterocycles. The summed E-state index contributed by atoms with van der Waals surface area (Å²) in [7, 11) is 3.05. The summed E-state index contributed by atoms with van der Waals surface area (Å²) < 4.78 is 15.9. The van der Waals surface area contributed by atoms with Crippen LogP contribution in [-0.2, 0) is 23.8 Å². The molecule has 208 valence electrons. The molecular formula is C26H41N3O7S. The first-order valence-corrected chi connectivity index (χ1v) is 13.6. The maximum absolute atomic E-state index is 12.9. The molecule has 2 amide bonds. The van der Waals surface area contributed by atoms with Crippen LogP contribution in [0.4, 0.5) is 4.79 Å². The van der Waals surface area contributed by atoms with Gasteiger partial charge in [-0.05, 0) is 52.4 Å². The lowest BCUT2D eigenvalue weighted by Crippen LogP contribution is -2.44. The molecule has 37 heavy (non-hydrogen) atoms. The van der Waals surface area contributed by atoms with Crippen LogP contribution in [0.15, 0.2) is 5.38 Å². The van der Waals surface area contributed by atoms with Gasteiger partial charge in [-0.15, -0.1) is 11.3 Å². The lowest BCUT2D eigenvalue weighted by molar-refractivity contribution is -0.148. The zero-order valence-corrected chi connectivity index (χ0v) is 24.0. The van der Waals surface area contributed by atoms with Crippen LogP contribution in [-0.4, -0.2) is 65.7 Å². The van der Waals surface area contributed by atoms with Crippen LogP contribution >= 0.6 is 11.3 Å². The Labute approximate surface area is 223 Å². The summed E-state index contributed by atoms with van der Waals surface area (Å²) in [5.74, 6) is -1.07. The Morgan fingerprint density at radius 2 is 1.78 bits per heavy atom. The van der Waals surface area contributed by atoms with Crippen LogP contribution in [0.2, 0.25) is 0 Å². The highest BCUT2D eigenvalue weighted by Gasteiger charge is 2.33. The quantitative estimate of drug-likeness (QED) is 0.360. The van der Waals surface area contributed by atoms with Gasteiger partial charge in [0, 0.05) is 37.9 Å². The summed E-state index contributed by atoms with van der Waals surface area (Å²) in [6.07, 6.45) is 1.81. The van der Waals surface area contributed by atoms with Crippen LogP contribution < -0.4 is 5.32 Å². The molecule has 1 aliphatic carbocycles. The van der Waals surface area contributed by atoms with Crippen molar-refractivity contribution in [3.05, 3.63) is 16.1 Å². The van der Waals surface area contributed by atoms with Gasteiger partial charge in [-0.3, -0.25) is 14.4 Å². The van der Waals surface area contributed by atoms with E-state index in [1.54, 1.807) is 33.2 Å². The van der Waals surface area contributed by atoms with Gasteiger partial charge in [-0.1, -0.05) is 13.8 Å². The number of carbonyl (C=O) groups excluding carboxylic acids is 4. The summed E-state index contributed by atoms with van der Waals surface area (Å²) >= 11 is 1.24. The van der Waals surface area contributed by atoms with Crippen LogP contribution in [0, 0.1) is 11.8 Å². The zero-order chi connectivity index (χ0) is 27.9. The molecule has 1 N–H and O–H groups in total. The van der Waals surface area contributed by atoms with Gasteiger partial charge in [0.25, 0.3) is 5.91 Å². The number of thiazole rings is 1. The standard InChI is InChI=1S/C26H41N3O7S/c1-15(2)20(29(7)25(33)36-26(4,5)6)13-21(35-16(3)30)23-28-19(14-37-23)22(31)27-18-11-9-17(10-12-18)24(32)34-8/h14-15,17-18,20-21H,9-13H2,1-8H3,(H,27,31)/t17-,18-,20?,21?. The third kappa shape index (κ3) is 9.28. The van der Waals surface area contributed by atoms with E-state index in [1.165, 1.54) is 30.3 Å². The molecule has 10 nitrogen and oxygen atoms in total. The van der Waals surface area contributed by atoms with E-state index in [-0.39, 0.29) is 41.5 Å². The highest BCUT2D eigenvalue weighted by Crippen LogP contribution is 2.31. The van der Waals surface area contributed by atoms with Gasteiger partial charge in [0.15, 0.2) is 6.10 Å². The summed E-state index contributed by atoms with van der Waals surface area (Å²) in [6.45, 7) is 10.7. The van der Waals surface area contributed by atoms with Crippen molar-refractivity contribution in [1.82, 2.24) is 15.2 Å². The number of nitrogens with one attached hydrogen (secondary N) is 1. The maximum atomic E-state index is 12.9. The van der Waals surface area contributed by atoms with Crippen LogP contribution in [0.1, 0.15) is 95.2 Å². The fourth-order valence-corrected chi connectivity index (χ4v) is 5.24. The normalized spacial score (nSPS) is 19.5. The van der Waals surface area contributed by atoms with Crippen molar-refractivity contribution in [3.8, 4) is 0 Å². The maximum Gasteiger partial charge on any atom is 0.410 e. The number of nitrogens with zero attached hydrogens (tertiary/aromatic N) is 2. The summed E-state index contributed by atoms with van der Waals surface area (Å²) in [5, 5.41) is 5.12. The number of amides is 2. The van der Waals surface area contributed by atoms with Gasteiger partial charge in [0.05, 0.1) is 13.0 Å². The molecule has 1 heterocycles. The molecule has 1 saturated carbocycles. The predicted molar refractivity (Wildman–Crippen MR) is 139 cm³/mol. The van der Waals surface area contributed by atoms with Crippen molar-refractivity contribution < 1.29 is 33.4 Å². The molecule has 0 bridgehead atoms. The van der Waals surface area contributed by atoms with Crippen molar-refractivity contribution in [1.29, 1.82) is 0 Å². The van der Waals surface area contributed by atoms with E-state index in [0.717, 1.165) is 0 Å². The fourth-order valence-electron chi connectivity index (χ4n) is 4.41. The molecule has 0 radical (unpaired) electrons.